The first-order valence-electron chi connectivity index (χ1n) is 12.9. The van der Waals surface area contributed by atoms with Crippen molar-refractivity contribution in [1.82, 2.24) is 5.32 Å². The van der Waals surface area contributed by atoms with E-state index >= 15 is 0 Å². The van der Waals surface area contributed by atoms with E-state index in [-0.39, 0.29) is 16.1 Å². The second kappa shape index (κ2) is 15.4. The maximum absolute atomic E-state index is 13.0. The molecule has 0 saturated carbocycles. The van der Waals surface area contributed by atoms with Crippen LogP contribution in [0.25, 0.3) is 0 Å². The second-order valence-corrected chi connectivity index (χ2v) is 18.2. The Bertz CT molecular complexity index is 1260. The Hall–Kier alpha value is -3.25. The Labute approximate surface area is 236 Å². The number of carbonyl (C=O) groups is 3. The van der Waals surface area contributed by atoms with E-state index in [2.05, 4.69) is 33.8 Å². The summed E-state index contributed by atoms with van der Waals surface area (Å²) in [5.41, 5.74) is 1.55. The fourth-order valence-electron chi connectivity index (χ4n) is 3.56. The number of unbranched alkanes of at least 4 members (excludes halogenated alkanes) is 1. The predicted octanol–water partition coefficient (Wildman–Crippen LogP) is 6.61. The van der Waals surface area contributed by atoms with Crippen LogP contribution >= 0.6 is 18.0 Å². The molecule has 2 aromatic carbocycles. The van der Waals surface area contributed by atoms with Crippen LogP contribution in [-0.4, -0.2) is 39.4 Å². The number of amides is 1. The number of methoxy groups -OCH3 is 1. The first-order chi connectivity index (χ1) is 18.4. The zero-order valence-corrected chi connectivity index (χ0v) is 25.8. The number of aryl methyl sites for hydroxylation is 1. The average molecular weight is 646 g/mol. The summed E-state index contributed by atoms with van der Waals surface area (Å²) in [4.78, 5) is 38.0. The fourth-order valence-corrected chi connectivity index (χ4v) is 8.99. The molecule has 0 spiro atoms. The molecule has 1 amide bonds. The molecule has 0 aliphatic heterocycles. The van der Waals surface area contributed by atoms with E-state index in [9.17, 15) is 14.4 Å². The number of carbonyl (C=O) groups excluding carboxylic acids is 3. The van der Waals surface area contributed by atoms with Gasteiger partial charge in [0, 0.05) is 0 Å². The van der Waals surface area contributed by atoms with Gasteiger partial charge in [0.2, 0.25) is 0 Å². The van der Waals surface area contributed by atoms with E-state index in [1.54, 1.807) is 27.9 Å². The number of rotatable bonds is 12. The molecule has 0 aromatic heterocycles. The molecule has 210 valence electrons. The van der Waals surface area contributed by atoms with Gasteiger partial charge in [-0.2, -0.15) is 0 Å². The number of ketones is 1. The zero-order chi connectivity index (χ0) is 28.9. The van der Waals surface area contributed by atoms with Crippen molar-refractivity contribution in [2.75, 3.05) is 13.7 Å². The number of allylic oxidation sites excluding steroid dienone is 2. The minimum absolute atomic E-state index is 0.0229. The summed E-state index contributed by atoms with van der Waals surface area (Å²) in [6.07, 6.45) is 3.84. The van der Waals surface area contributed by atoms with Gasteiger partial charge in [-0.25, -0.2) is 0 Å². The fraction of sp³-hybridized carbons (Fsp3) is 0.375. The van der Waals surface area contributed by atoms with Gasteiger partial charge in [-0.3, -0.25) is 0 Å². The number of ether oxygens (including phenoxy) is 2. The second-order valence-electron chi connectivity index (χ2n) is 10.1. The van der Waals surface area contributed by atoms with Crippen molar-refractivity contribution in [3.8, 4) is 17.6 Å². The maximum atomic E-state index is 13.0. The summed E-state index contributed by atoms with van der Waals surface area (Å²) in [5, 5.41) is 2.60. The van der Waals surface area contributed by atoms with Crippen LogP contribution in [0.4, 0.5) is 4.79 Å². The first-order valence-corrected chi connectivity index (χ1v) is 18.1. The van der Waals surface area contributed by atoms with Gasteiger partial charge in [0.15, 0.2) is 0 Å². The topological polar surface area (TPSA) is 81.7 Å². The standard InChI is InChI=1S/C32H40INO5/c1-25(35)33(5,24-27-18-20-30(38-6)21-19-27)28(16-12-22-34-31(37)39-32(2,3)4)23-29(36)17-11-10-15-26-13-8-7-9-14-26/h7-9,13-14,18-21,23H,5,10-11,15,17,22,24H2,1-4,6H3,(H,34,37)/b28-23-. The van der Waals surface area contributed by atoms with Gasteiger partial charge in [0.05, 0.1) is 0 Å². The van der Waals surface area contributed by atoms with Crippen molar-refractivity contribution < 1.29 is 23.9 Å². The average Bonchev–Trinajstić information content (AvgIpc) is 2.88. The molecule has 0 bridgehead atoms. The molecular formula is C32H40INO5. The van der Waals surface area contributed by atoms with Crippen LogP contribution in [0.5, 0.6) is 5.75 Å². The van der Waals surface area contributed by atoms with Gasteiger partial charge < -0.3 is 0 Å². The SMILES string of the molecule is C=I(Cc1ccc(OC)cc1)(C(C)=O)/C(C#CCNC(=O)OC(C)(C)C)=C\C(=O)CCCCc1ccccc1. The number of halogens is 1. The van der Waals surface area contributed by atoms with Gasteiger partial charge in [-0.15, -0.1) is 0 Å². The first kappa shape index (κ1) is 32.0. The Morgan fingerprint density at radius 2 is 1.67 bits per heavy atom. The number of hydrogen-bond acceptors (Lipinski definition) is 5. The normalized spacial score (nSPS) is 13.7. The number of alkyl carbamates (subject to hydrolysis) is 1. The molecule has 0 saturated heterocycles. The monoisotopic (exact) mass is 645 g/mol. The van der Waals surface area contributed by atoms with Crippen molar-refractivity contribution in [3.05, 3.63) is 75.4 Å². The predicted molar refractivity (Wildman–Crippen MR) is 168 cm³/mol. The molecule has 0 aliphatic carbocycles. The van der Waals surface area contributed by atoms with Crippen LogP contribution in [0, 0.1) is 11.8 Å². The molecule has 0 aliphatic rings. The number of alkyl halides is 1. The number of benzene rings is 2. The Kier molecular flexibility index (Phi) is 12.6. The molecule has 7 heteroatoms. The quantitative estimate of drug-likeness (QED) is 0.0702. The van der Waals surface area contributed by atoms with Crippen LogP contribution in [-0.2, 0) is 25.2 Å². The van der Waals surface area contributed by atoms with Crippen molar-refractivity contribution in [1.29, 1.82) is 0 Å². The van der Waals surface area contributed by atoms with Crippen molar-refractivity contribution in [2.24, 2.45) is 0 Å². The number of nitrogens with one attached hydrogen (secondary N) is 1. The van der Waals surface area contributed by atoms with Gasteiger partial charge >= 0.3 is 237 Å². The van der Waals surface area contributed by atoms with E-state index in [0.29, 0.717) is 14.4 Å². The summed E-state index contributed by atoms with van der Waals surface area (Å²) in [7, 11) is 1.60. The van der Waals surface area contributed by atoms with Crippen LogP contribution in [0.1, 0.15) is 58.1 Å². The molecule has 0 radical (unpaired) electrons. The summed E-state index contributed by atoms with van der Waals surface area (Å²) in [6.45, 7) is 6.89. The van der Waals surface area contributed by atoms with E-state index in [1.165, 1.54) is 18.6 Å². The Balaban J connectivity index is 2.22. The third-order valence-corrected chi connectivity index (χ3v) is 13.5. The number of hydrogen-bond donors (Lipinski definition) is 1. The van der Waals surface area contributed by atoms with Gasteiger partial charge in [-0.1, -0.05) is 0 Å². The van der Waals surface area contributed by atoms with Crippen molar-refractivity contribution >= 4 is 38.1 Å². The summed E-state index contributed by atoms with van der Waals surface area (Å²) in [6, 6.07) is 17.7. The molecule has 0 heterocycles. The molecule has 0 fully saturated rings. The van der Waals surface area contributed by atoms with Crippen molar-refractivity contribution in [3.63, 3.8) is 0 Å². The van der Waals surface area contributed by atoms with Gasteiger partial charge in [0.25, 0.3) is 0 Å². The van der Waals surface area contributed by atoms with Crippen molar-refractivity contribution in [2.45, 2.75) is 63.4 Å². The molecular weight excluding hydrogens is 605 g/mol. The summed E-state index contributed by atoms with van der Waals surface area (Å²) in [5.74, 6) is 6.60. The van der Waals surface area contributed by atoms with Gasteiger partial charge in [-0.05, 0) is 0 Å². The third-order valence-electron chi connectivity index (χ3n) is 5.64. The molecule has 6 nitrogen and oxygen atoms in total. The summed E-state index contributed by atoms with van der Waals surface area (Å²) < 4.78 is 15.8. The molecule has 2 aromatic rings. The molecule has 1 atom stereocenters. The Morgan fingerprint density at radius 3 is 2.26 bits per heavy atom. The molecule has 2 rings (SSSR count). The van der Waals surface area contributed by atoms with Crippen LogP contribution in [0.15, 0.2) is 64.3 Å². The van der Waals surface area contributed by atoms with Crippen LogP contribution in [0.2, 0.25) is 0 Å². The molecule has 39 heavy (non-hydrogen) atoms. The molecule has 1 unspecified atom stereocenters. The van der Waals surface area contributed by atoms with Crippen LogP contribution in [0.3, 0.4) is 0 Å². The van der Waals surface area contributed by atoms with E-state index in [0.717, 1.165) is 30.6 Å². The van der Waals surface area contributed by atoms with E-state index < -0.39 is 29.7 Å². The van der Waals surface area contributed by atoms with Gasteiger partial charge in [0.1, 0.15) is 0 Å². The zero-order valence-electron chi connectivity index (χ0n) is 23.6. The molecule has 1 N–H and O–H groups in total. The summed E-state index contributed by atoms with van der Waals surface area (Å²) >= 11 is -3.65. The third kappa shape index (κ3) is 11.6. The minimum atomic E-state index is -3.65. The van der Waals surface area contributed by atoms with E-state index in [4.69, 9.17) is 9.47 Å². The van der Waals surface area contributed by atoms with E-state index in [1.807, 2.05) is 42.5 Å². The van der Waals surface area contributed by atoms with Crippen LogP contribution < -0.4 is 10.1 Å². The Morgan fingerprint density at radius 1 is 1.00 bits per heavy atom.